The quantitative estimate of drug-likeness (QED) is 0.862. The molecule has 21 heavy (non-hydrogen) atoms. The third-order valence-corrected chi connectivity index (χ3v) is 4.62. The van der Waals surface area contributed by atoms with Crippen LogP contribution in [0.3, 0.4) is 0 Å². The standard InChI is InChI=1S/C17H26N4/c1-19(2)10-11-21-17-12-15(4-5-16(17)13-18-21)14-6-8-20(3)9-7-14/h4-5,12-14H,6-11H2,1-3H3. The van der Waals surface area contributed by atoms with Crippen molar-refractivity contribution >= 4 is 10.9 Å². The highest BCUT2D eigenvalue weighted by atomic mass is 15.3. The van der Waals surface area contributed by atoms with Crippen molar-refractivity contribution in [3.63, 3.8) is 0 Å². The molecule has 1 aliphatic heterocycles. The molecule has 2 heterocycles. The van der Waals surface area contributed by atoms with E-state index < -0.39 is 0 Å². The minimum Gasteiger partial charge on any atom is -0.308 e. The van der Waals surface area contributed by atoms with E-state index in [0.717, 1.165) is 13.1 Å². The largest absolute Gasteiger partial charge is 0.308 e. The smallest absolute Gasteiger partial charge is 0.0685 e. The van der Waals surface area contributed by atoms with Gasteiger partial charge in [-0.15, -0.1) is 0 Å². The van der Waals surface area contributed by atoms with Crippen molar-refractivity contribution < 1.29 is 0 Å². The van der Waals surface area contributed by atoms with Gasteiger partial charge in [-0.25, -0.2) is 0 Å². The molecule has 3 rings (SSSR count). The second-order valence-electron chi connectivity index (χ2n) is 6.57. The zero-order chi connectivity index (χ0) is 14.8. The van der Waals surface area contributed by atoms with Gasteiger partial charge in [0.2, 0.25) is 0 Å². The van der Waals surface area contributed by atoms with Crippen molar-refractivity contribution in [1.82, 2.24) is 19.6 Å². The van der Waals surface area contributed by atoms with Crippen LogP contribution in [0.15, 0.2) is 24.4 Å². The third kappa shape index (κ3) is 3.27. The summed E-state index contributed by atoms with van der Waals surface area (Å²) in [5, 5.41) is 5.80. The third-order valence-electron chi connectivity index (χ3n) is 4.62. The number of rotatable bonds is 4. The second-order valence-corrected chi connectivity index (χ2v) is 6.57. The van der Waals surface area contributed by atoms with E-state index >= 15 is 0 Å². The van der Waals surface area contributed by atoms with E-state index in [1.165, 1.54) is 42.4 Å². The van der Waals surface area contributed by atoms with Gasteiger partial charge in [-0.1, -0.05) is 12.1 Å². The average Bonchev–Trinajstić information content (AvgIpc) is 2.88. The Morgan fingerprint density at radius 2 is 2.00 bits per heavy atom. The molecule has 1 saturated heterocycles. The molecule has 0 unspecified atom stereocenters. The van der Waals surface area contributed by atoms with Crippen LogP contribution in [-0.4, -0.2) is 60.4 Å². The molecule has 1 aromatic carbocycles. The monoisotopic (exact) mass is 286 g/mol. The average molecular weight is 286 g/mol. The Morgan fingerprint density at radius 1 is 1.24 bits per heavy atom. The first-order valence-electron chi connectivity index (χ1n) is 7.92. The molecule has 0 N–H and O–H groups in total. The van der Waals surface area contributed by atoms with Crippen LogP contribution in [0.1, 0.15) is 24.3 Å². The van der Waals surface area contributed by atoms with E-state index in [2.05, 4.69) is 58.9 Å². The Hall–Kier alpha value is -1.39. The highest BCUT2D eigenvalue weighted by Crippen LogP contribution is 2.29. The number of nitrogens with zero attached hydrogens (tertiary/aromatic N) is 4. The predicted octanol–water partition coefficient (Wildman–Crippen LogP) is 2.41. The van der Waals surface area contributed by atoms with E-state index in [1.54, 1.807) is 0 Å². The summed E-state index contributed by atoms with van der Waals surface area (Å²) in [4.78, 5) is 4.63. The van der Waals surface area contributed by atoms with Crippen molar-refractivity contribution in [2.24, 2.45) is 0 Å². The van der Waals surface area contributed by atoms with Gasteiger partial charge in [-0.05, 0) is 64.6 Å². The molecule has 1 aliphatic rings. The number of hydrogen-bond donors (Lipinski definition) is 0. The van der Waals surface area contributed by atoms with Crippen LogP contribution in [0.2, 0.25) is 0 Å². The van der Waals surface area contributed by atoms with Crippen LogP contribution in [0, 0.1) is 0 Å². The predicted molar refractivity (Wildman–Crippen MR) is 87.8 cm³/mol. The van der Waals surface area contributed by atoms with Crippen LogP contribution >= 0.6 is 0 Å². The van der Waals surface area contributed by atoms with E-state index in [-0.39, 0.29) is 0 Å². The molecule has 1 aromatic heterocycles. The highest BCUT2D eigenvalue weighted by molar-refractivity contribution is 5.79. The maximum atomic E-state index is 4.55. The lowest BCUT2D eigenvalue weighted by molar-refractivity contribution is 0.255. The maximum absolute atomic E-state index is 4.55. The summed E-state index contributed by atoms with van der Waals surface area (Å²) in [5.41, 5.74) is 2.77. The summed E-state index contributed by atoms with van der Waals surface area (Å²) >= 11 is 0. The molecule has 0 spiro atoms. The van der Waals surface area contributed by atoms with Crippen LogP contribution in [0.25, 0.3) is 10.9 Å². The van der Waals surface area contributed by atoms with Crippen molar-refractivity contribution in [3.05, 3.63) is 30.0 Å². The fourth-order valence-electron chi connectivity index (χ4n) is 3.16. The number of aromatic nitrogens is 2. The Morgan fingerprint density at radius 3 is 2.71 bits per heavy atom. The molecule has 4 heteroatoms. The van der Waals surface area contributed by atoms with Crippen molar-refractivity contribution in [2.75, 3.05) is 40.8 Å². The van der Waals surface area contributed by atoms with Crippen molar-refractivity contribution in [1.29, 1.82) is 0 Å². The van der Waals surface area contributed by atoms with Gasteiger partial charge in [0.25, 0.3) is 0 Å². The summed E-state index contributed by atoms with van der Waals surface area (Å²) in [6.07, 6.45) is 4.53. The molecule has 0 saturated carbocycles. The number of likely N-dealkylation sites (N-methyl/N-ethyl adjacent to an activating group) is 1. The normalized spacial score (nSPS) is 17.9. The number of piperidine rings is 1. The second kappa shape index (κ2) is 6.16. The molecular weight excluding hydrogens is 260 g/mol. The summed E-state index contributed by atoms with van der Waals surface area (Å²) in [6.45, 7) is 4.40. The lowest BCUT2D eigenvalue weighted by Gasteiger charge is -2.29. The Labute approximate surface area is 127 Å². The van der Waals surface area contributed by atoms with E-state index in [4.69, 9.17) is 0 Å². The first kappa shape index (κ1) is 14.5. The number of fused-ring (bicyclic) bond motifs is 1. The van der Waals surface area contributed by atoms with Gasteiger partial charge in [-0.2, -0.15) is 5.10 Å². The molecule has 1 fully saturated rings. The summed E-state index contributed by atoms with van der Waals surface area (Å²) in [7, 11) is 6.43. The van der Waals surface area contributed by atoms with Gasteiger partial charge in [0, 0.05) is 11.9 Å². The number of benzene rings is 1. The molecule has 114 valence electrons. The minimum absolute atomic E-state index is 0.711. The number of likely N-dealkylation sites (tertiary alicyclic amines) is 1. The zero-order valence-electron chi connectivity index (χ0n) is 13.4. The summed E-state index contributed by atoms with van der Waals surface area (Å²) in [5.74, 6) is 0.711. The van der Waals surface area contributed by atoms with Gasteiger partial charge < -0.3 is 9.80 Å². The molecule has 0 atom stereocenters. The first-order chi connectivity index (χ1) is 10.1. The molecule has 0 aliphatic carbocycles. The Kier molecular flexibility index (Phi) is 4.27. The number of hydrogen-bond acceptors (Lipinski definition) is 3. The van der Waals surface area contributed by atoms with Crippen molar-refractivity contribution in [2.45, 2.75) is 25.3 Å². The molecule has 0 bridgehead atoms. The Balaban J connectivity index is 1.82. The lowest BCUT2D eigenvalue weighted by Crippen LogP contribution is -2.29. The fraction of sp³-hybridized carbons (Fsp3) is 0.588. The van der Waals surface area contributed by atoms with E-state index in [1.807, 2.05) is 6.20 Å². The summed E-state index contributed by atoms with van der Waals surface area (Å²) < 4.78 is 2.15. The highest BCUT2D eigenvalue weighted by Gasteiger charge is 2.19. The van der Waals surface area contributed by atoms with Crippen LogP contribution < -0.4 is 0 Å². The van der Waals surface area contributed by atoms with Gasteiger partial charge >= 0.3 is 0 Å². The lowest BCUT2D eigenvalue weighted by atomic mass is 9.89. The van der Waals surface area contributed by atoms with Gasteiger partial charge in [0.05, 0.1) is 18.3 Å². The molecule has 0 radical (unpaired) electrons. The van der Waals surface area contributed by atoms with Gasteiger partial charge in [-0.3, -0.25) is 4.68 Å². The first-order valence-corrected chi connectivity index (χ1v) is 7.92. The SMILES string of the molecule is CN(C)CCn1ncc2ccc(C3CCN(C)CC3)cc21. The van der Waals surface area contributed by atoms with Crippen LogP contribution in [0.5, 0.6) is 0 Å². The molecule has 0 amide bonds. The maximum Gasteiger partial charge on any atom is 0.0685 e. The fourth-order valence-corrected chi connectivity index (χ4v) is 3.16. The van der Waals surface area contributed by atoms with Gasteiger partial charge in [0.1, 0.15) is 0 Å². The summed E-state index contributed by atoms with van der Waals surface area (Å²) in [6, 6.07) is 6.91. The van der Waals surface area contributed by atoms with E-state index in [9.17, 15) is 0 Å². The van der Waals surface area contributed by atoms with Crippen LogP contribution in [0.4, 0.5) is 0 Å². The molecule has 4 nitrogen and oxygen atoms in total. The van der Waals surface area contributed by atoms with Crippen molar-refractivity contribution in [3.8, 4) is 0 Å². The molecular formula is C17H26N4. The topological polar surface area (TPSA) is 24.3 Å². The van der Waals surface area contributed by atoms with E-state index in [0.29, 0.717) is 5.92 Å². The minimum atomic E-state index is 0.711. The Bertz CT molecular complexity index is 594. The van der Waals surface area contributed by atoms with Crippen LogP contribution in [-0.2, 0) is 6.54 Å². The van der Waals surface area contributed by atoms with Gasteiger partial charge in [0.15, 0.2) is 0 Å². The molecule has 2 aromatic rings. The zero-order valence-corrected chi connectivity index (χ0v) is 13.4.